The molecule has 108 valence electrons. The van der Waals surface area contributed by atoms with Crippen LogP contribution in [0, 0.1) is 0 Å². The van der Waals surface area contributed by atoms with E-state index in [1.165, 1.54) is 9.71 Å². The first-order valence-electron chi connectivity index (χ1n) is 7.00. The van der Waals surface area contributed by atoms with Crippen LogP contribution in [0.15, 0.2) is 29.3 Å². The number of thiazole rings is 1. The lowest BCUT2D eigenvalue weighted by Crippen LogP contribution is -2.41. The summed E-state index contributed by atoms with van der Waals surface area (Å²) >= 11 is 1.79. The van der Waals surface area contributed by atoms with Gasteiger partial charge >= 0.3 is 0 Å². The Morgan fingerprint density at radius 2 is 2.15 bits per heavy atom. The summed E-state index contributed by atoms with van der Waals surface area (Å²) in [6, 6.07) is 8.69. The Morgan fingerprint density at radius 1 is 1.35 bits per heavy atom. The summed E-state index contributed by atoms with van der Waals surface area (Å²) in [5.41, 5.74) is 1.11. The summed E-state index contributed by atoms with van der Waals surface area (Å²) in [5.74, 6) is 0.865. The van der Waals surface area contributed by atoms with Crippen LogP contribution in [0.3, 0.4) is 0 Å². The largest absolute Gasteiger partial charge is 0.356 e. The van der Waals surface area contributed by atoms with Gasteiger partial charge in [-0.15, -0.1) is 11.3 Å². The van der Waals surface area contributed by atoms with E-state index in [9.17, 15) is 0 Å². The molecule has 1 aromatic heterocycles. The van der Waals surface area contributed by atoms with Gasteiger partial charge in [0.15, 0.2) is 5.96 Å². The van der Waals surface area contributed by atoms with Crippen LogP contribution >= 0.6 is 11.3 Å². The van der Waals surface area contributed by atoms with Gasteiger partial charge in [-0.3, -0.25) is 4.99 Å². The van der Waals surface area contributed by atoms with E-state index < -0.39 is 0 Å². The van der Waals surface area contributed by atoms with E-state index in [4.69, 9.17) is 0 Å². The van der Waals surface area contributed by atoms with Crippen LogP contribution in [-0.2, 0) is 6.42 Å². The maximum atomic E-state index is 4.64. The van der Waals surface area contributed by atoms with Crippen molar-refractivity contribution in [3.8, 4) is 0 Å². The summed E-state index contributed by atoms with van der Waals surface area (Å²) in [4.78, 5) is 8.83. The van der Waals surface area contributed by atoms with Crippen molar-refractivity contribution in [3.63, 3.8) is 0 Å². The third kappa shape index (κ3) is 4.20. The first-order valence-corrected chi connectivity index (χ1v) is 7.82. The number of rotatable bonds is 5. The average Bonchev–Trinajstić information content (AvgIpc) is 2.84. The fraction of sp³-hybridized carbons (Fsp3) is 0.467. The smallest absolute Gasteiger partial charge is 0.191 e. The Bertz CT molecular complexity index is 541. The zero-order chi connectivity index (χ0) is 14.4. The highest BCUT2D eigenvalue weighted by Gasteiger charge is 2.03. The molecular weight excluding hydrogens is 268 g/mol. The minimum Gasteiger partial charge on any atom is -0.356 e. The van der Waals surface area contributed by atoms with Gasteiger partial charge in [0.2, 0.25) is 0 Å². The van der Waals surface area contributed by atoms with Crippen molar-refractivity contribution in [2.75, 3.05) is 13.6 Å². The molecule has 2 N–H and O–H groups in total. The lowest BCUT2D eigenvalue weighted by molar-refractivity contribution is 0.685. The van der Waals surface area contributed by atoms with Crippen LogP contribution in [0.2, 0.25) is 0 Å². The van der Waals surface area contributed by atoms with Crippen molar-refractivity contribution in [2.45, 2.75) is 32.7 Å². The summed E-state index contributed by atoms with van der Waals surface area (Å²) in [6.07, 6.45) is 2.06. The van der Waals surface area contributed by atoms with Gasteiger partial charge in [-0.2, -0.15) is 0 Å². The van der Waals surface area contributed by atoms with Gasteiger partial charge in [-0.05, 0) is 32.4 Å². The Balaban J connectivity index is 1.78. The van der Waals surface area contributed by atoms with E-state index in [1.807, 2.05) is 6.07 Å². The van der Waals surface area contributed by atoms with Gasteiger partial charge in [0.25, 0.3) is 0 Å². The highest BCUT2D eigenvalue weighted by molar-refractivity contribution is 7.18. The first-order chi connectivity index (χ1) is 9.69. The van der Waals surface area contributed by atoms with Crippen LogP contribution in [0.25, 0.3) is 10.2 Å². The summed E-state index contributed by atoms with van der Waals surface area (Å²) in [5, 5.41) is 7.80. The Labute approximate surface area is 124 Å². The second-order valence-electron chi connectivity index (χ2n) is 4.98. The molecule has 0 aliphatic carbocycles. The van der Waals surface area contributed by atoms with E-state index >= 15 is 0 Å². The van der Waals surface area contributed by atoms with Crippen molar-refractivity contribution in [2.24, 2.45) is 4.99 Å². The number of aryl methyl sites for hydroxylation is 1. The molecule has 0 saturated heterocycles. The number of aliphatic imine (C=N–C) groups is 1. The minimum absolute atomic E-state index is 0.394. The van der Waals surface area contributed by atoms with E-state index in [1.54, 1.807) is 18.4 Å². The fourth-order valence-electron chi connectivity index (χ4n) is 1.94. The molecule has 0 bridgehead atoms. The van der Waals surface area contributed by atoms with E-state index in [-0.39, 0.29) is 0 Å². The summed E-state index contributed by atoms with van der Waals surface area (Å²) < 4.78 is 1.27. The van der Waals surface area contributed by atoms with Gasteiger partial charge < -0.3 is 10.6 Å². The van der Waals surface area contributed by atoms with E-state index in [2.05, 4.69) is 52.7 Å². The molecule has 0 aliphatic rings. The summed E-state index contributed by atoms with van der Waals surface area (Å²) in [6.45, 7) is 5.12. The SMILES string of the molecule is CN=C(NCCCc1nc2ccccc2s1)NC(C)C. The quantitative estimate of drug-likeness (QED) is 0.506. The van der Waals surface area contributed by atoms with Gasteiger partial charge in [0, 0.05) is 26.1 Å². The van der Waals surface area contributed by atoms with Gasteiger partial charge in [-0.1, -0.05) is 12.1 Å². The zero-order valence-electron chi connectivity index (χ0n) is 12.3. The zero-order valence-corrected chi connectivity index (χ0v) is 13.1. The fourth-order valence-corrected chi connectivity index (χ4v) is 2.95. The molecule has 0 fully saturated rings. The maximum absolute atomic E-state index is 4.64. The Morgan fingerprint density at radius 3 is 2.85 bits per heavy atom. The molecule has 0 amide bonds. The van der Waals surface area contributed by atoms with Crippen LogP contribution in [-0.4, -0.2) is 30.6 Å². The van der Waals surface area contributed by atoms with Crippen molar-refractivity contribution < 1.29 is 0 Å². The molecule has 1 heterocycles. The number of hydrogen-bond donors (Lipinski definition) is 2. The third-order valence-electron chi connectivity index (χ3n) is 2.85. The van der Waals surface area contributed by atoms with Crippen molar-refractivity contribution in [3.05, 3.63) is 29.3 Å². The molecule has 0 aliphatic heterocycles. The topological polar surface area (TPSA) is 49.3 Å². The highest BCUT2D eigenvalue weighted by atomic mass is 32.1. The number of hydrogen-bond acceptors (Lipinski definition) is 3. The molecule has 0 saturated carbocycles. The summed E-state index contributed by atoms with van der Waals surface area (Å²) in [7, 11) is 1.80. The molecule has 0 spiro atoms. The van der Waals surface area contributed by atoms with Crippen LogP contribution in [0.5, 0.6) is 0 Å². The lowest BCUT2D eigenvalue weighted by Gasteiger charge is -2.13. The molecule has 5 heteroatoms. The average molecular weight is 290 g/mol. The third-order valence-corrected chi connectivity index (χ3v) is 3.94. The molecule has 20 heavy (non-hydrogen) atoms. The van der Waals surface area contributed by atoms with Gasteiger partial charge in [-0.25, -0.2) is 4.98 Å². The number of benzene rings is 1. The van der Waals surface area contributed by atoms with Crippen molar-refractivity contribution in [1.29, 1.82) is 0 Å². The number of fused-ring (bicyclic) bond motifs is 1. The Kier molecular flexibility index (Phi) is 5.35. The molecule has 1 aromatic carbocycles. The highest BCUT2D eigenvalue weighted by Crippen LogP contribution is 2.22. The molecular formula is C15H22N4S. The lowest BCUT2D eigenvalue weighted by atomic mass is 10.3. The van der Waals surface area contributed by atoms with Gasteiger partial charge in [0.1, 0.15) is 0 Å². The normalized spacial score (nSPS) is 12.1. The predicted molar refractivity (Wildman–Crippen MR) is 87.6 cm³/mol. The van der Waals surface area contributed by atoms with Crippen LogP contribution in [0.4, 0.5) is 0 Å². The van der Waals surface area contributed by atoms with E-state index in [0.29, 0.717) is 6.04 Å². The van der Waals surface area contributed by atoms with Crippen molar-refractivity contribution >= 4 is 27.5 Å². The standard InChI is InChI=1S/C15H22N4S/c1-11(2)18-15(16-3)17-10-6-9-14-19-12-7-4-5-8-13(12)20-14/h4-5,7-8,11H,6,9-10H2,1-3H3,(H2,16,17,18). The monoisotopic (exact) mass is 290 g/mol. The second-order valence-corrected chi connectivity index (χ2v) is 6.09. The number of aromatic nitrogens is 1. The molecule has 4 nitrogen and oxygen atoms in total. The second kappa shape index (κ2) is 7.24. The number of nitrogens with zero attached hydrogens (tertiary/aromatic N) is 2. The van der Waals surface area contributed by atoms with Crippen molar-refractivity contribution in [1.82, 2.24) is 15.6 Å². The number of para-hydroxylation sites is 1. The first kappa shape index (κ1) is 14.8. The minimum atomic E-state index is 0.394. The molecule has 0 atom stereocenters. The molecule has 0 radical (unpaired) electrons. The van der Waals surface area contributed by atoms with Crippen LogP contribution in [0.1, 0.15) is 25.3 Å². The van der Waals surface area contributed by atoms with Gasteiger partial charge in [0.05, 0.1) is 15.2 Å². The maximum Gasteiger partial charge on any atom is 0.191 e. The Hall–Kier alpha value is -1.62. The number of nitrogens with one attached hydrogen (secondary N) is 2. The van der Waals surface area contributed by atoms with E-state index in [0.717, 1.165) is 30.9 Å². The molecule has 0 unspecified atom stereocenters. The predicted octanol–water partition coefficient (Wildman–Crippen LogP) is 2.80. The van der Waals surface area contributed by atoms with Crippen LogP contribution < -0.4 is 10.6 Å². The number of guanidine groups is 1. The molecule has 2 rings (SSSR count). The molecule has 2 aromatic rings.